The first-order chi connectivity index (χ1) is 18.1. The molecular formula is C27H52NO9P. The van der Waals surface area contributed by atoms with Gasteiger partial charge >= 0.3 is 19.8 Å². The Balaban J connectivity index is 4.06. The van der Waals surface area contributed by atoms with Crippen molar-refractivity contribution in [2.24, 2.45) is 0 Å². The van der Waals surface area contributed by atoms with Crippen LogP contribution >= 0.6 is 7.82 Å². The van der Waals surface area contributed by atoms with E-state index < -0.39 is 32.5 Å². The van der Waals surface area contributed by atoms with Crippen molar-refractivity contribution in [1.29, 1.82) is 0 Å². The molecule has 0 saturated heterocycles. The van der Waals surface area contributed by atoms with E-state index in [9.17, 15) is 18.9 Å². The zero-order chi connectivity index (χ0) is 28.5. The van der Waals surface area contributed by atoms with Gasteiger partial charge in [-0.3, -0.25) is 18.9 Å². The van der Waals surface area contributed by atoms with Gasteiger partial charge in [0, 0.05) is 26.3 Å². The van der Waals surface area contributed by atoms with Crippen molar-refractivity contribution in [2.45, 2.75) is 136 Å². The van der Waals surface area contributed by atoms with E-state index in [0.717, 1.165) is 57.8 Å². The fourth-order valence-corrected chi connectivity index (χ4v) is 4.28. The first-order valence-electron chi connectivity index (χ1n) is 14.4. The molecule has 0 saturated carbocycles. The first-order valence-corrected chi connectivity index (χ1v) is 16.0. The zero-order valence-corrected chi connectivity index (χ0v) is 24.5. The second kappa shape index (κ2) is 24.6. The Morgan fingerprint density at radius 2 is 1.18 bits per heavy atom. The number of hydrogen-bond donors (Lipinski definition) is 3. The number of carbonyl (C=O) groups excluding carboxylic acids is 3. The normalized spacial score (nSPS) is 12.2. The molecule has 0 bridgehead atoms. The summed E-state index contributed by atoms with van der Waals surface area (Å²) in [6.45, 7) is 3.54. The minimum Gasteiger partial charge on any atom is -0.462 e. The van der Waals surface area contributed by atoms with Gasteiger partial charge in [-0.2, -0.15) is 0 Å². The Kier molecular flexibility index (Phi) is 23.6. The Morgan fingerprint density at radius 3 is 1.68 bits per heavy atom. The van der Waals surface area contributed by atoms with Crippen molar-refractivity contribution in [3.8, 4) is 0 Å². The molecule has 1 atom stereocenters. The van der Waals surface area contributed by atoms with Crippen molar-refractivity contribution >= 4 is 25.7 Å². The summed E-state index contributed by atoms with van der Waals surface area (Å²) in [4.78, 5) is 53.0. The van der Waals surface area contributed by atoms with Crippen LogP contribution < -0.4 is 5.32 Å². The van der Waals surface area contributed by atoms with E-state index in [1.165, 1.54) is 39.0 Å². The van der Waals surface area contributed by atoms with Crippen LogP contribution in [-0.4, -0.2) is 53.5 Å². The summed E-state index contributed by atoms with van der Waals surface area (Å²) in [5.41, 5.74) is 0. The summed E-state index contributed by atoms with van der Waals surface area (Å²) in [7, 11) is -4.75. The van der Waals surface area contributed by atoms with Gasteiger partial charge in [0.05, 0.1) is 6.61 Å². The number of nitrogens with one attached hydrogen (secondary N) is 1. The molecule has 0 fully saturated rings. The zero-order valence-electron chi connectivity index (χ0n) is 23.6. The van der Waals surface area contributed by atoms with Gasteiger partial charge in [-0.15, -0.1) is 0 Å². The van der Waals surface area contributed by atoms with E-state index in [0.29, 0.717) is 19.4 Å². The third-order valence-corrected chi connectivity index (χ3v) is 6.56. The molecular weight excluding hydrogens is 513 g/mol. The quantitative estimate of drug-likeness (QED) is 0.0679. The lowest BCUT2D eigenvalue weighted by molar-refractivity contribution is -0.161. The van der Waals surface area contributed by atoms with Crippen molar-refractivity contribution in [2.75, 3.05) is 19.8 Å². The number of esters is 2. The maximum Gasteiger partial charge on any atom is 0.469 e. The number of ether oxygens (including phenoxy) is 2. The van der Waals surface area contributed by atoms with Gasteiger partial charge in [-0.1, -0.05) is 90.4 Å². The third kappa shape index (κ3) is 27.6. The predicted octanol–water partition coefficient (Wildman–Crippen LogP) is 5.73. The van der Waals surface area contributed by atoms with Gasteiger partial charge < -0.3 is 24.6 Å². The molecule has 38 heavy (non-hydrogen) atoms. The van der Waals surface area contributed by atoms with Gasteiger partial charge in [0.25, 0.3) is 0 Å². The molecule has 0 aliphatic carbocycles. The van der Waals surface area contributed by atoms with Crippen LogP contribution in [0.5, 0.6) is 0 Å². The highest BCUT2D eigenvalue weighted by molar-refractivity contribution is 7.46. The molecule has 0 unspecified atom stereocenters. The summed E-state index contributed by atoms with van der Waals surface area (Å²) in [5.74, 6) is -0.957. The average molecular weight is 566 g/mol. The molecule has 0 aromatic rings. The van der Waals surface area contributed by atoms with Crippen molar-refractivity contribution < 1.29 is 42.7 Å². The average Bonchev–Trinajstić information content (AvgIpc) is 2.85. The lowest BCUT2D eigenvalue weighted by atomic mass is 10.1. The summed E-state index contributed by atoms with van der Waals surface area (Å²) in [6.07, 6.45) is 16.1. The maximum atomic E-state index is 12.2. The molecule has 1 amide bonds. The Bertz CT molecular complexity index is 669. The van der Waals surface area contributed by atoms with Crippen LogP contribution in [0.15, 0.2) is 0 Å². The number of amides is 1. The maximum absolute atomic E-state index is 12.2. The van der Waals surface area contributed by atoms with Gasteiger partial charge in [-0.25, -0.2) is 4.57 Å². The minimum atomic E-state index is -4.75. The fraction of sp³-hybridized carbons (Fsp3) is 0.889. The highest BCUT2D eigenvalue weighted by atomic mass is 31.2. The molecule has 10 nitrogen and oxygen atoms in total. The van der Waals surface area contributed by atoms with Crippen LogP contribution in [0.1, 0.15) is 129 Å². The van der Waals surface area contributed by atoms with Crippen LogP contribution in [0.4, 0.5) is 0 Å². The van der Waals surface area contributed by atoms with E-state index in [2.05, 4.69) is 16.8 Å². The molecule has 3 N–H and O–H groups in total. The molecule has 0 spiro atoms. The standard InChI is InChI=1S/C27H52NO9P/c1-3-4-5-6-7-8-10-14-17-20-27(31)37-25(23-36-38(32,33)34)22-35-26(30)19-16-13-11-9-12-15-18-21-28-24(2)29/h25H,3-23H2,1-2H3,(H,28,29)(H2,32,33,34)/t25-/m1/s1. The number of unbranched alkanes of at least 4 members (excludes halogenated alkanes) is 14. The largest absolute Gasteiger partial charge is 0.469 e. The third-order valence-electron chi connectivity index (χ3n) is 6.07. The molecule has 0 aliphatic heterocycles. The van der Waals surface area contributed by atoms with E-state index in [4.69, 9.17) is 19.3 Å². The van der Waals surface area contributed by atoms with Crippen LogP contribution in [0.25, 0.3) is 0 Å². The summed E-state index contributed by atoms with van der Waals surface area (Å²) in [5, 5.41) is 2.77. The first kappa shape index (κ1) is 36.5. The number of rotatable bonds is 26. The molecule has 0 rings (SSSR count). The number of carbonyl (C=O) groups is 3. The van der Waals surface area contributed by atoms with Gasteiger partial charge in [0.2, 0.25) is 5.91 Å². The number of hydrogen-bond acceptors (Lipinski definition) is 7. The van der Waals surface area contributed by atoms with Crippen LogP contribution in [0.2, 0.25) is 0 Å². The fourth-order valence-electron chi connectivity index (χ4n) is 3.92. The van der Waals surface area contributed by atoms with Crippen LogP contribution in [-0.2, 0) is 32.9 Å². The van der Waals surface area contributed by atoms with Crippen LogP contribution in [0.3, 0.4) is 0 Å². The molecule has 224 valence electrons. The summed E-state index contributed by atoms with van der Waals surface area (Å²) < 4.78 is 26.0. The Morgan fingerprint density at radius 1 is 0.711 bits per heavy atom. The smallest absolute Gasteiger partial charge is 0.462 e. The molecule has 0 aromatic heterocycles. The second-order valence-corrected chi connectivity index (χ2v) is 11.1. The topological polar surface area (TPSA) is 148 Å². The van der Waals surface area contributed by atoms with Gasteiger partial charge in [0.1, 0.15) is 6.61 Å². The Hall–Kier alpha value is -1.48. The summed E-state index contributed by atoms with van der Waals surface area (Å²) >= 11 is 0. The number of phosphoric acid groups is 1. The van der Waals surface area contributed by atoms with E-state index in [1.807, 2.05) is 0 Å². The monoisotopic (exact) mass is 565 g/mol. The molecule has 0 aliphatic rings. The highest BCUT2D eigenvalue weighted by Gasteiger charge is 2.22. The molecule has 0 heterocycles. The van der Waals surface area contributed by atoms with E-state index >= 15 is 0 Å². The SMILES string of the molecule is CCCCCCCCCCCC(=O)O[C@H](COC(=O)CCCCCCCCCNC(C)=O)COP(=O)(O)O. The molecule has 0 aromatic carbocycles. The van der Waals surface area contributed by atoms with Crippen molar-refractivity contribution in [3.63, 3.8) is 0 Å². The van der Waals surface area contributed by atoms with Crippen molar-refractivity contribution in [3.05, 3.63) is 0 Å². The van der Waals surface area contributed by atoms with Crippen molar-refractivity contribution in [1.82, 2.24) is 5.32 Å². The second-order valence-electron chi connectivity index (χ2n) is 9.87. The van der Waals surface area contributed by atoms with E-state index in [1.54, 1.807) is 0 Å². The van der Waals surface area contributed by atoms with E-state index in [-0.39, 0.29) is 25.4 Å². The molecule has 11 heteroatoms. The summed E-state index contributed by atoms with van der Waals surface area (Å²) in [6, 6.07) is 0. The lowest BCUT2D eigenvalue weighted by Crippen LogP contribution is -2.29. The number of phosphoric ester groups is 1. The van der Waals surface area contributed by atoms with Gasteiger partial charge in [0.15, 0.2) is 6.10 Å². The molecule has 0 radical (unpaired) electrons. The lowest BCUT2D eigenvalue weighted by Gasteiger charge is -2.18. The Labute approximate surface area is 229 Å². The predicted molar refractivity (Wildman–Crippen MR) is 146 cm³/mol. The van der Waals surface area contributed by atoms with Gasteiger partial charge in [-0.05, 0) is 19.3 Å². The minimum absolute atomic E-state index is 0.00947. The van der Waals surface area contributed by atoms with Crippen LogP contribution in [0, 0.1) is 0 Å². The highest BCUT2D eigenvalue weighted by Crippen LogP contribution is 2.35.